The number of anilines is 1. The SMILES string of the molecule is O=C(Nc1cc(Br)cnc1F)c1ccn[nH]1. The Balaban J connectivity index is 2.21. The van der Waals surface area contributed by atoms with Crippen molar-refractivity contribution in [2.24, 2.45) is 0 Å². The minimum absolute atomic E-state index is 0.00831. The van der Waals surface area contributed by atoms with E-state index in [1.165, 1.54) is 24.5 Å². The van der Waals surface area contributed by atoms with Crippen molar-refractivity contribution in [2.45, 2.75) is 0 Å². The highest BCUT2D eigenvalue weighted by atomic mass is 79.9. The number of aromatic amines is 1. The Labute approximate surface area is 98.2 Å². The van der Waals surface area contributed by atoms with Crippen LogP contribution in [0, 0.1) is 5.95 Å². The molecule has 0 aliphatic carbocycles. The highest BCUT2D eigenvalue weighted by Gasteiger charge is 2.11. The van der Waals surface area contributed by atoms with Crippen LogP contribution in [-0.2, 0) is 0 Å². The third kappa shape index (κ3) is 2.25. The van der Waals surface area contributed by atoms with Gasteiger partial charge in [-0.2, -0.15) is 9.49 Å². The van der Waals surface area contributed by atoms with Gasteiger partial charge in [0.05, 0.1) is 5.69 Å². The third-order valence-corrected chi connectivity index (χ3v) is 2.23. The largest absolute Gasteiger partial charge is 0.317 e. The number of hydrogen-bond acceptors (Lipinski definition) is 3. The van der Waals surface area contributed by atoms with E-state index in [9.17, 15) is 9.18 Å². The number of nitrogens with zero attached hydrogens (tertiary/aromatic N) is 2. The van der Waals surface area contributed by atoms with Crippen molar-refractivity contribution in [1.82, 2.24) is 15.2 Å². The summed E-state index contributed by atoms with van der Waals surface area (Å²) < 4.78 is 13.8. The van der Waals surface area contributed by atoms with Gasteiger partial charge in [-0.1, -0.05) is 0 Å². The fourth-order valence-corrected chi connectivity index (χ4v) is 1.41. The van der Waals surface area contributed by atoms with Crippen molar-refractivity contribution in [3.05, 3.63) is 40.6 Å². The summed E-state index contributed by atoms with van der Waals surface area (Å²) in [4.78, 5) is 15.0. The summed E-state index contributed by atoms with van der Waals surface area (Å²) in [6, 6.07) is 2.91. The van der Waals surface area contributed by atoms with Crippen molar-refractivity contribution < 1.29 is 9.18 Å². The molecular formula is C9H6BrFN4O. The van der Waals surface area contributed by atoms with Crippen LogP contribution in [0.2, 0.25) is 0 Å². The maximum atomic E-state index is 13.2. The van der Waals surface area contributed by atoms with E-state index in [1.807, 2.05) is 0 Å². The Morgan fingerprint density at radius 3 is 3.06 bits per heavy atom. The molecule has 2 aromatic heterocycles. The highest BCUT2D eigenvalue weighted by molar-refractivity contribution is 9.10. The molecule has 2 aromatic rings. The summed E-state index contributed by atoms with van der Waals surface area (Å²) >= 11 is 3.13. The van der Waals surface area contributed by atoms with Gasteiger partial charge < -0.3 is 5.32 Å². The van der Waals surface area contributed by atoms with Crippen molar-refractivity contribution in [1.29, 1.82) is 0 Å². The standard InChI is InChI=1S/C9H6BrFN4O/c10-5-3-7(8(11)12-4-5)14-9(16)6-1-2-13-15-6/h1-4H,(H,13,15)(H,14,16). The molecule has 0 spiro atoms. The summed E-state index contributed by atoms with van der Waals surface area (Å²) in [5, 5.41) is 8.47. The van der Waals surface area contributed by atoms with Gasteiger partial charge in [-0.25, -0.2) is 4.98 Å². The molecular weight excluding hydrogens is 279 g/mol. The first kappa shape index (κ1) is 10.7. The predicted octanol–water partition coefficient (Wildman–Crippen LogP) is 1.96. The van der Waals surface area contributed by atoms with E-state index in [0.29, 0.717) is 4.47 Å². The van der Waals surface area contributed by atoms with Gasteiger partial charge in [-0.05, 0) is 28.1 Å². The van der Waals surface area contributed by atoms with E-state index in [2.05, 4.69) is 36.4 Å². The van der Waals surface area contributed by atoms with Gasteiger partial charge in [0.15, 0.2) is 0 Å². The topological polar surface area (TPSA) is 70.7 Å². The number of carbonyl (C=O) groups excluding carboxylic acids is 1. The lowest BCUT2D eigenvalue weighted by Crippen LogP contribution is -2.14. The monoisotopic (exact) mass is 284 g/mol. The van der Waals surface area contributed by atoms with Crippen molar-refractivity contribution >= 4 is 27.5 Å². The summed E-state index contributed by atoms with van der Waals surface area (Å²) in [6.07, 6.45) is 2.74. The first-order chi connectivity index (χ1) is 7.66. The molecule has 0 fully saturated rings. The average Bonchev–Trinajstić information content (AvgIpc) is 2.76. The maximum Gasteiger partial charge on any atom is 0.273 e. The van der Waals surface area contributed by atoms with Crippen molar-refractivity contribution in [3.63, 3.8) is 0 Å². The lowest BCUT2D eigenvalue weighted by Gasteiger charge is -2.04. The molecule has 0 radical (unpaired) electrons. The summed E-state index contributed by atoms with van der Waals surface area (Å²) in [6.45, 7) is 0. The number of rotatable bonds is 2. The van der Waals surface area contributed by atoms with E-state index in [1.54, 1.807) is 0 Å². The molecule has 16 heavy (non-hydrogen) atoms. The lowest BCUT2D eigenvalue weighted by atomic mass is 10.3. The van der Waals surface area contributed by atoms with E-state index in [-0.39, 0.29) is 11.4 Å². The van der Waals surface area contributed by atoms with Crippen LogP contribution < -0.4 is 5.32 Å². The Kier molecular flexibility index (Phi) is 2.95. The van der Waals surface area contributed by atoms with Crippen molar-refractivity contribution in [3.8, 4) is 0 Å². The van der Waals surface area contributed by atoms with E-state index < -0.39 is 11.9 Å². The second-order valence-electron chi connectivity index (χ2n) is 2.92. The number of carbonyl (C=O) groups is 1. The number of aromatic nitrogens is 3. The quantitative estimate of drug-likeness (QED) is 0.828. The number of halogens is 2. The van der Waals surface area contributed by atoms with Gasteiger partial charge in [0.1, 0.15) is 5.69 Å². The Morgan fingerprint density at radius 2 is 2.38 bits per heavy atom. The second kappa shape index (κ2) is 4.40. The molecule has 0 atom stereocenters. The molecule has 2 rings (SSSR count). The Morgan fingerprint density at radius 1 is 1.56 bits per heavy atom. The first-order valence-electron chi connectivity index (χ1n) is 4.28. The minimum Gasteiger partial charge on any atom is -0.317 e. The van der Waals surface area contributed by atoms with Gasteiger partial charge in [-0.15, -0.1) is 0 Å². The smallest absolute Gasteiger partial charge is 0.273 e. The molecule has 2 N–H and O–H groups in total. The van der Waals surface area contributed by atoms with Gasteiger partial charge in [0.25, 0.3) is 5.91 Å². The van der Waals surface area contributed by atoms with Crippen LogP contribution >= 0.6 is 15.9 Å². The zero-order valence-electron chi connectivity index (χ0n) is 7.87. The number of pyridine rings is 1. The molecule has 82 valence electrons. The highest BCUT2D eigenvalue weighted by Crippen LogP contribution is 2.18. The van der Waals surface area contributed by atoms with Crippen LogP contribution in [0.1, 0.15) is 10.5 Å². The fraction of sp³-hybridized carbons (Fsp3) is 0. The molecule has 0 aromatic carbocycles. The van der Waals surface area contributed by atoms with Crippen LogP contribution in [0.5, 0.6) is 0 Å². The molecule has 2 heterocycles. The molecule has 0 saturated carbocycles. The van der Waals surface area contributed by atoms with Crippen LogP contribution in [0.15, 0.2) is 29.0 Å². The molecule has 5 nitrogen and oxygen atoms in total. The maximum absolute atomic E-state index is 13.2. The van der Waals surface area contributed by atoms with Crippen molar-refractivity contribution in [2.75, 3.05) is 5.32 Å². The molecule has 0 saturated heterocycles. The zero-order valence-corrected chi connectivity index (χ0v) is 9.45. The third-order valence-electron chi connectivity index (χ3n) is 1.80. The Bertz CT molecular complexity index is 514. The van der Waals surface area contributed by atoms with Gasteiger partial charge in [0, 0.05) is 16.9 Å². The van der Waals surface area contributed by atoms with Crippen LogP contribution in [0.25, 0.3) is 0 Å². The van der Waals surface area contributed by atoms with Crippen LogP contribution in [0.3, 0.4) is 0 Å². The molecule has 0 bridgehead atoms. The molecule has 0 unspecified atom stereocenters. The average molecular weight is 285 g/mol. The predicted molar refractivity (Wildman–Crippen MR) is 58.4 cm³/mol. The first-order valence-corrected chi connectivity index (χ1v) is 5.08. The molecule has 1 amide bonds. The zero-order chi connectivity index (χ0) is 11.5. The Hall–Kier alpha value is -1.76. The normalized spacial score (nSPS) is 10.1. The summed E-state index contributed by atoms with van der Waals surface area (Å²) in [7, 11) is 0. The molecule has 0 aliphatic heterocycles. The minimum atomic E-state index is -0.740. The summed E-state index contributed by atoms with van der Waals surface area (Å²) in [5.74, 6) is -1.22. The number of nitrogens with one attached hydrogen (secondary N) is 2. The molecule has 0 aliphatic rings. The second-order valence-corrected chi connectivity index (χ2v) is 3.83. The number of amides is 1. The van der Waals surface area contributed by atoms with Crippen LogP contribution in [0.4, 0.5) is 10.1 Å². The summed E-state index contributed by atoms with van der Waals surface area (Å²) in [5.41, 5.74) is 0.258. The number of hydrogen-bond donors (Lipinski definition) is 2. The van der Waals surface area contributed by atoms with Gasteiger partial charge in [0.2, 0.25) is 5.95 Å². The van der Waals surface area contributed by atoms with Gasteiger partial charge in [-0.3, -0.25) is 9.89 Å². The van der Waals surface area contributed by atoms with E-state index in [4.69, 9.17) is 0 Å². The molecule has 7 heteroatoms. The number of H-pyrrole nitrogens is 1. The fourth-order valence-electron chi connectivity index (χ4n) is 1.08. The van der Waals surface area contributed by atoms with E-state index >= 15 is 0 Å². The van der Waals surface area contributed by atoms with Gasteiger partial charge >= 0.3 is 0 Å². The van der Waals surface area contributed by atoms with Crippen LogP contribution in [-0.4, -0.2) is 21.1 Å². The van der Waals surface area contributed by atoms with E-state index in [0.717, 1.165) is 0 Å². The lowest BCUT2D eigenvalue weighted by molar-refractivity contribution is 0.102.